The molecule has 3 nitrogen and oxygen atoms in total. The first-order chi connectivity index (χ1) is 8.81. The van der Waals surface area contributed by atoms with Gasteiger partial charge in [0.15, 0.2) is 0 Å². The van der Waals surface area contributed by atoms with Crippen molar-refractivity contribution in [1.29, 1.82) is 0 Å². The minimum absolute atomic E-state index is 0.831. The van der Waals surface area contributed by atoms with Crippen molar-refractivity contribution in [3.8, 4) is 0 Å². The zero-order valence-electron chi connectivity index (χ0n) is 10.8. The number of aryl methyl sites for hydroxylation is 3. The Labute approximate surface area is 108 Å². The van der Waals surface area contributed by atoms with Crippen molar-refractivity contribution >= 4 is 0 Å². The predicted molar refractivity (Wildman–Crippen MR) is 72.2 cm³/mol. The third-order valence-electron chi connectivity index (χ3n) is 3.57. The average Bonchev–Trinajstić information content (AvgIpc) is 2.97. The van der Waals surface area contributed by atoms with E-state index in [2.05, 4.69) is 34.7 Å². The molecule has 0 fully saturated rings. The number of fused-ring (bicyclic) bond motifs is 1. The summed E-state index contributed by atoms with van der Waals surface area (Å²) in [6, 6.07) is 8.94. The van der Waals surface area contributed by atoms with Gasteiger partial charge >= 0.3 is 0 Å². The lowest BCUT2D eigenvalue weighted by molar-refractivity contribution is 0.656. The zero-order valence-corrected chi connectivity index (χ0v) is 10.8. The number of rotatable bonds is 4. The highest BCUT2D eigenvalue weighted by atomic mass is 15.3. The van der Waals surface area contributed by atoms with Crippen LogP contribution in [0.4, 0.5) is 0 Å². The lowest BCUT2D eigenvalue weighted by Crippen LogP contribution is -2.13. The summed E-state index contributed by atoms with van der Waals surface area (Å²) in [7, 11) is 1.95. The molecule has 1 aromatic heterocycles. The van der Waals surface area contributed by atoms with E-state index < -0.39 is 0 Å². The van der Waals surface area contributed by atoms with Crippen LogP contribution in [0.5, 0.6) is 0 Å². The molecule has 3 rings (SSSR count). The molecule has 3 heteroatoms. The Balaban J connectivity index is 1.57. The molecule has 0 spiro atoms. The van der Waals surface area contributed by atoms with Crippen LogP contribution in [-0.4, -0.2) is 9.78 Å². The second kappa shape index (κ2) is 4.94. The van der Waals surface area contributed by atoms with E-state index in [-0.39, 0.29) is 0 Å². The van der Waals surface area contributed by atoms with Gasteiger partial charge in [-0.2, -0.15) is 5.10 Å². The Morgan fingerprint density at radius 3 is 2.89 bits per heavy atom. The van der Waals surface area contributed by atoms with Crippen LogP contribution in [0.1, 0.15) is 28.8 Å². The van der Waals surface area contributed by atoms with Crippen LogP contribution in [-0.2, 0) is 33.0 Å². The van der Waals surface area contributed by atoms with Crippen molar-refractivity contribution in [1.82, 2.24) is 15.1 Å². The first-order valence-electron chi connectivity index (χ1n) is 6.61. The van der Waals surface area contributed by atoms with Crippen LogP contribution in [0.3, 0.4) is 0 Å². The highest BCUT2D eigenvalue weighted by Gasteiger charge is 2.10. The molecule has 1 N–H and O–H groups in total. The minimum Gasteiger partial charge on any atom is -0.307 e. The zero-order chi connectivity index (χ0) is 12.4. The van der Waals surface area contributed by atoms with Crippen molar-refractivity contribution in [3.63, 3.8) is 0 Å². The quantitative estimate of drug-likeness (QED) is 0.889. The maximum atomic E-state index is 4.35. The van der Waals surface area contributed by atoms with Crippen LogP contribution in [0.2, 0.25) is 0 Å². The van der Waals surface area contributed by atoms with E-state index >= 15 is 0 Å². The van der Waals surface area contributed by atoms with E-state index in [1.54, 1.807) is 11.1 Å². The minimum atomic E-state index is 0.831. The lowest BCUT2D eigenvalue weighted by Gasteiger charge is -2.06. The number of benzene rings is 1. The van der Waals surface area contributed by atoms with Gasteiger partial charge in [0.2, 0.25) is 0 Å². The molecule has 0 atom stereocenters. The van der Waals surface area contributed by atoms with Gasteiger partial charge in [-0.05, 0) is 42.0 Å². The molecule has 1 aromatic carbocycles. The molecule has 0 saturated carbocycles. The number of aromatic nitrogens is 2. The van der Waals surface area contributed by atoms with Crippen molar-refractivity contribution in [2.75, 3.05) is 0 Å². The van der Waals surface area contributed by atoms with Crippen molar-refractivity contribution in [2.45, 2.75) is 32.4 Å². The molecule has 0 bridgehead atoms. The summed E-state index contributed by atoms with van der Waals surface area (Å²) in [5.74, 6) is 0. The first kappa shape index (κ1) is 11.5. The lowest BCUT2D eigenvalue weighted by atomic mass is 10.1. The van der Waals surface area contributed by atoms with E-state index in [0.29, 0.717) is 0 Å². The second-order valence-electron chi connectivity index (χ2n) is 5.04. The number of nitrogens with one attached hydrogen (secondary N) is 1. The molecular weight excluding hydrogens is 222 g/mol. The van der Waals surface area contributed by atoms with Crippen LogP contribution in [0.15, 0.2) is 30.5 Å². The Bertz CT molecular complexity index is 542. The summed E-state index contributed by atoms with van der Waals surface area (Å²) in [6.07, 6.45) is 5.81. The highest BCUT2D eigenvalue weighted by Crippen LogP contribution is 2.22. The number of hydrogen-bond acceptors (Lipinski definition) is 2. The van der Waals surface area contributed by atoms with E-state index in [1.165, 1.54) is 24.8 Å². The van der Waals surface area contributed by atoms with Gasteiger partial charge in [0.25, 0.3) is 0 Å². The van der Waals surface area contributed by atoms with Gasteiger partial charge in [-0.25, -0.2) is 0 Å². The summed E-state index contributed by atoms with van der Waals surface area (Å²) in [5.41, 5.74) is 5.57. The van der Waals surface area contributed by atoms with E-state index in [4.69, 9.17) is 0 Å². The highest BCUT2D eigenvalue weighted by molar-refractivity contribution is 5.35. The molecule has 0 saturated heterocycles. The van der Waals surface area contributed by atoms with Crippen LogP contribution >= 0.6 is 0 Å². The SMILES string of the molecule is Cn1ccc(CNCc2ccc3c(c2)CCC3)n1. The van der Waals surface area contributed by atoms with Crippen LogP contribution in [0, 0.1) is 0 Å². The summed E-state index contributed by atoms with van der Waals surface area (Å²) in [4.78, 5) is 0. The van der Waals surface area contributed by atoms with Gasteiger partial charge in [-0.1, -0.05) is 18.2 Å². The molecule has 0 unspecified atom stereocenters. The normalized spacial score (nSPS) is 13.8. The van der Waals surface area contributed by atoms with E-state index in [0.717, 1.165) is 18.8 Å². The Hall–Kier alpha value is -1.61. The maximum Gasteiger partial charge on any atom is 0.0762 e. The molecule has 0 amide bonds. The van der Waals surface area contributed by atoms with Gasteiger partial charge in [0.05, 0.1) is 5.69 Å². The van der Waals surface area contributed by atoms with Crippen LogP contribution in [0.25, 0.3) is 0 Å². The Morgan fingerprint density at radius 1 is 1.17 bits per heavy atom. The summed E-state index contributed by atoms with van der Waals surface area (Å²) in [6.45, 7) is 1.75. The summed E-state index contributed by atoms with van der Waals surface area (Å²) < 4.78 is 1.84. The fourth-order valence-electron chi connectivity index (χ4n) is 2.63. The fraction of sp³-hybridized carbons (Fsp3) is 0.400. The molecule has 94 valence electrons. The molecule has 18 heavy (non-hydrogen) atoms. The molecular formula is C15H19N3. The molecule has 1 aliphatic rings. The molecule has 0 aliphatic heterocycles. The monoisotopic (exact) mass is 241 g/mol. The second-order valence-corrected chi connectivity index (χ2v) is 5.04. The van der Waals surface area contributed by atoms with Crippen molar-refractivity contribution in [2.24, 2.45) is 7.05 Å². The van der Waals surface area contributed by atoms with Gasteiger partial charge in [-0.3, -0.25) is 4.68 Å². The van der Waals surface area contributed by atoms with E-state index in [1.807, 2.05) is 17.9 Å². The predicted octanol–water partition coefficient (Wildman–Crippen LogP) is 2.20. The van der Waals surface area contributed by atoms with Crippen molar-refractivity contribution in [3.05, 3.63) is 52.8 Å². The molecule has 1 heterocycles. The van der Waals surface area contributed by atoms with Crippen LogP contribution < -0.4 is 5.32 Å². The summed E-state index contributed by atoms with van der Waals surface area (Å²) in [5, 5.41) is 7.80. The standard InChI is InChI=1S/C15H19N3/c1-18-8-7-15(17-18)11-16-10-12-5-6-13-3-2-4-14(13)9-12/h5-9,16H,2-4,10-11H2,1H3. The number of hydrogen-bond donors (Lipinski definition) is 1. The average molecular weight is 241 g/mol. The van der Waals surface area contributed by atoms with Gasteiger partial charge < -0.3 is 5.32 Å². The Morgan fingerprint density at radius 2 is 2.06 bits per heavy atom. The molecule has 2 aromatic rings. The molecule has 0 radical (unpaired) electrons. The number of nitrogens with zero attached hydrogens (tertiary/aromatic N) is 2. The van der Waals surface area contributed by atoms with E-state index in [9.17, 15) is 0 Å². The molecule has 1 aliphatic carbocycles. The third kappa shape index (κ3) is 2.46. The Kier molecular flexibility index (Phi) is 3.15. The third-order valence-corrected chi connectivity index (χ3v) is 3.57. The van der Waals surface area contributed by atoms with Gasteiger partial charge in [-0.15, -0.1) is 0 Å². The first-order valence-corrected chi connectivity index (χ1v) is 6.61. The van der Waals surface area contributed by atoms with Gasteiger partial charge in [0.1, 0.15) is 0 Å². The van der Waals surface area contributed by atoms with Gasteiger partial charge in [0, 0.05) is 26.3 Å². The summed E-state index contributed by atoms with van der Waals surface area (Å²) >= 11 is 0. The maximum absolute atomic E-state index is 4.35. The topological polar surface area (TPSA) is 29.9 Å². The fourth-order valence-corrected chi connectivity index (χ4v) is 2.63. The largest absolute Gasteiger partial charge is 0.307 e. The smallest absolute Gasteiger partial charge is 0.0762 e. The van der Waals surface area contributed by atoms with Crippen molar-refractivity contribution < 1.29 is 0 Å².